The van der Waals surface area contributed by atoms with Gasteiger partial charge in [-0.05, 0) is 114 Å². The molecule has 4 fully saturated rings. The minimum atomic E-state index is -4.69. The van der Waals surface area contributed by atoms with Crippen LogP contribution in [0.2, 0.25) is 0 Å². The van der Waals surface area contributed by atoms with Crippen LogP contribution in [0.25, 0.3) is 15.9 Å². The number of halogens is 3. The smallest absolute Gasteiger partial charge is 0.386 e. The van der Waals surface area contributed by atoms with E-state index < -0.39 is 35.3 Å². The number of nitrogens with one attached hydrogen (secondary N) is 3. The Balaban J connectivity index is 0.766. The van der Waals surface area contributed by atoms with Crippen molar-refractivity contribution in [3.05, 3.63) is 83.2 Å². The molecule has 1 spiro atoms. The third-order valence-electron chi connectivity index (χ3n) is 13.4. The van der Waals surface area contributed by atoms with Crippen LogP contribution in [0.4, 0.5) is 29.7 Å². The van der Waals surface area contributed by atoms with Gasteiger partial charge in [-0.3, -0.25) is 29.4 Å². The van der Waals surface area contributed by atoms with E-state index >= 15 is 0 Å². The number of anilines is 3. The van der Waals surface area contributed by atoms with Crippen molar-refractivity contribution in [1.82, 2.24) is 25.1 Å². The summed E-state index contributed by atoms with van der Waals surface area (Å²) < 4.78 is 40.6. The lowest BCUT2D eigenvalue weighted by atomic mass is 9.60. The van der Waals surface area contributed by atoms with Crippen LogP contribution in [0, 0.1) is 11.3 Å². The van der Waals surface area contributed by atoms with Crippen molar-refractivity contribution in [3.63, 3.8) is 0 Å². The number of aliphatic hydroxyl groups is 1. The lowest BCUT2D eigenvalue weighted by Crippen LogP contribution is -2.52. The number of hydrogen-bond acceptors (Lipinski definition) is 11. The second-order valence-electron chi connectivity index (χ2n) is 18.1. The number of fused-ring (bicyclic) bond motifs is 2. The van der Waals surface area contributed by atoms with Gasteiger partial charge in [0.05, 0.1) is 21.4 Å². The molecule has 4 N–H and O–H groups in total. The highest BCUT2D eigenvalue weighted by Crippen LogP contribution is 2.51. The summed E-state index contributed by atoms with van der Waals surface area (Å²) in [7, 11) is 0. The van der Waals surface area contributed by atoms with Crippen LogP contribution >= 0.6 is 11.3 Å². The molecule has 13 nitrogen and oxygen atoms in total. The molecule has 4 aromatic rings. The number of imide groups is 1. The number of carbonyl (C=O) groups excluding carboxylic acids is 4. The highest BCUT2D eigenvalue weighted by molar-refractivity contribution is 7.22. The zero-order chi connectivity index (χ0) is 43.7. The molecule has 2 aromatic carbocycles. The average molecular weight is 871 g/mol. The summed E-state index contributed by atoms with van der Waals surface area (Å²) in [6.07, 6.45) is 2.15. The first-order chi connectivity index (χ1) is 29.4. The molecule has 1 atom stereocenters. The number of aromatic nitrogens is 2. The van der Waals surface area contributed by atoms with Gasteiger partial charge in [0, 0.05) is 60.3 Å². The van der Waals surface area contributed by atoms with Crippen LogP contribution in [-0.4, -0.2) is 93.3 Å². The fourth-order valence-electron chi connectivity index (χ4n) is 9.98. The molecule has 0 bridgehead atoms. The number of hydrogen-bond donors (Lipinski definition) is 4. The highest BCUT2D eigenvalue weighted by Gasteiger charge is 2.47. The van der Waals surface area contributed by atoms with Gasteiger partial charge in [0.2, 0.25) is 11.8 Å². The Kier molecular flexibility index (Phi) is 10.7. The number of likely N-dealkylation sites (tertiary alicyclic amines) is 1. The number of benzene rings is 2. The van der Waals surface area contributed by atoms with Crippen molar-refractivity contribution >= 4 is 67.4 Å². The first kappa shape index (κ1) is 41.9. The third kappa shape index (κ3) is 8.05. The van der Waals surface area contributed by atoms with Gasteiger partial charge in [-0.2, -0.15) is 13.2 Å². The van der Waals surface area contributed by atoms with Crippen molar-refractivity contribution in [3.8, 4) is 0 Å². The minimum Gasteiger partial charge on any atom is -0.386 e. The number of pyridine rings is 1. The second-order valence-corrected chi connectivity index (χ2v) is 19.1. The first-order valence-corrected chi connectivity index (χ1v) is 22.0. The number of carbonyl (C=O) groups is 4. The summed E-state index contributed by atoms with van der Waals surface area (Å²) in [4.78, 5) is 65.9. The van der Waals surface area contributed by atoms with E-state index in [2.05, 4.69) is 37.3 Å². The van der Waals surface area contributed by atoms with E-state index in [0.717, 1.165) is 104 Å². The monoisotopic (exact) mass is 870 g/mol. The molecule has 3 saturated heterocycles. The van der Waals surface area contributed by atoms with Crippen molar-refractivity contribution in [1.29, 1.82) is 0 Å². The SMILES string of the molecule is C=C1c2cccc(NC3CC4(CCN(CC5CCN(c6nc7cc(C(C)(C)O)c(NC(=O)c8cccc(C(F)(F)F)n8)cc7s6)CC5)CC4)C3)c2C(=O)N1C1CCC(=O)NC1=O. The van der Waals surface area contributed by atoms with Crippen LogP contribution in [0.5, 0.6) is 0 Å². The van der Waals surface area contributed by atoms with Gasteiger partial charge in [-0.25, -0.2) is 9.97 Å². The Labute approximate surface area is 360 Å². The normalized spacial score (nSPS) is 21.4. The number of rotatable bonds is 9. The third-order valence-corrected chi connectivity index (χ3v) is 14.4. The fraction of sp³-hybridized carbons (Fsp3) is 0.467. The number of piperidine rings is 3. The van der Waals surface area contributed by atoms with E-state index in [4.69, 9.17) is 4.98 Å². The molecule has 326 valence electrons. The van der Waals surface area contributed by atoms with Crippen LogP contribution in [-0.2, 0) is 21.4 Å². The zero-order valence-corrected chi connectivity index (χ0v) is 35.4. The molecule has 4 aliphatic heterocycles. The topological polar surface area (TPSA) is 160 Å². The predicted molar refractivity (Wildman–Crippen MR) is 230 cm³/mol. The predicted octanol–water partition coefficient (Wildman–Crippen LogP) is 6.99. The number of alkyl halides is 3. The molecule has 6 heterocycles. The van der Waals surface area contributed by atoms with E-state index in [0.29, 0.717) is 28.3 Å². The summed E-state index contributed by atoms with van der Waals surface area (Å²) in [5.41, 5.74) is 1.21. The second kappa shape index (κ2) is 15.8. The van der Waals surface area contributed by atoms with Gasteiger partial charge < -0.3 is 25.5 Å². The minimum absolute atomic E-state index is 0.183. The fourth-order valence-corrected chi connectivity index (χ4v) is 11.0. The number of thiazole rings is 1. The summed E-state index contributed by atoms with van der Waals surface area (Å²) >= 11 is 1.48. The number of amides is 4. The van der Waals surface area contributed by atoms with E-state index in [1.807, 2.05) is 18.2 Å². The molecular weight excluding hydrogens is 822 g/mol. The summed E-state index contributed by atoms with van der Waals surface area (Å²) in [5.74, 6) is -1.30. The Bertz CT molecular complexity index is 2480. The van der Waals surface area contributed by atoms with Crippen molar-refractivity contribution in [2.75, 3.05) is 48.3 Å². The molecule has 1 aliphatic carbocycles. The lowest BCUT2D eigenvalue weighted by Gasteiger charge is -2.53. The van der Waals surface area contributed by atoms with Gasteiger partial charge >= 0.3 is 6.18 Å². The maximum absolute atomic E-state index is 13.7. The molecule has 17 heteroatoms. The molecule has 5 aliphatic rings. The van der Waals surface area contributed by atoms with E-state index in [1.165, 1.54) is 22.3 Å². The van der Waals surface area contributed by atoms with Crippen LogP contribution in [0.1, 0.15) is 103 Å². The molecule has 9 rings (SSSR count). The molecule has 0 radical (unpaired) electrons. The van der Waals surface area contributed by atoms with E-state index in [-0.39, 0.29) is 47.5 Å². The first-order valence-electron chi connectivity index (χ1n) is 21.2. The lowest BCUT2D eigenvalue weighted by molar-refractivity contribution is -0.141. The van der Waals surface area contributed by atoms with Crippen molar-refractivity contribution < 1.29 is 37.5 Å². The Morgan fingerprint density at radius 3 is 2.40 bits per heavy atom. The molecule has 2 aromatic heterocycles. The van der Waals surface area contributed by atoms with E-state index in [1.54, 1.807) is 26.0 Å². The molecule has 62 heavy (non-hydrogen) atoms. The summed E-state index contributed by atoms with van der Waals surface area (Å²) in [6.45, 7) is 12.2. The van der Waals surface area contributed by atoms with Gasteiger partial charge in [0.1, 0.15) is 17.4 Å². The molecule has 1 saturated carbocycles. The van der Waals surface area contributed by atoms with Crippen LogP contribution < -0.4 is 20.9 Å². The van der Waals surface area contributed by atoms with Crippen molar-refractivity contribution in [2.24, 2.45) is 11.3 Å². The van der Waals surface area contributed by atoms with Gasteiger partial charge in [-0.1, -0.05) is 36.1 Å². The largest absolute Gasteiger partial charge is 0.433 e. The van der Waals surface area contributed by atoms with E-state index in [9.17, 15) is 37.5 Å². The standard InChI is InChI=1S/C45H49F3N8O5S/c1-25-28-6-4-7-30(38(28)41(60)56(25)34-10-11-37(57)53-40(34)59)49-27-22-44(23-27)14-18-54(19-15-44)24-26-12-16-55(17-13-26)42-52-33-20-29(43(2,3)61)32(21-35(33)62-42)51-39(58)31-8-5-9-36(50-31)45(46,47)48/h4-9,20-21,26-27,34,49,61H,1,10-19,22-24H2,2-3H3,(H,51,58)(H,53,57,59). The molecular formula is C45H49F3N8O5S. The quantitative estimate of drug-likeness (QED) is 0.129. The Morgan fingerprint density at radius 1 is 0.984 bits per heavy atom. The Morgan fingerprint density at radius 2 is 1.71 bits per heavy atom. The maximum atomic E-state index is 13.7. The highest BCUT2D eigenvalue weighted by atomic mass is 32.1. The van der Waals surface area contributed by atoms with Gasteiger partial charge in [0.15, 0.2) is 5.13 Å². The Hall–Kier alpha value is -5.39. The van der Waals surface area contributed by atoms with Crippen LogP contribution in [0.15, 0.2) is 55.1 Å². The van der Waals surface area contributed by atoms with Gasteiger partial charge in [-0.15, -0.1) is 0 Å². The number of nitrogens with zero attached hydrogens (tertiary/aromatic N) is 5. The van der Waals surface area contributed by atoms with Crippen molar-refractivity contribution in [2.45, 2.75) is 89.1 Å². The van der Waals surface area contributed by atoms with Gasteiger partial charge in [0.25, 0.3) is 11.8 Å². The van der Waals surface area contributed by atoms with Crippen LogP contribution in [0.3, 0.4) is 0 Å². The zero-order valence-electron chi connectivity index (χ0n) is 34.6. The maximum Gasteiger partial charge on any atom is 0.433 e. The molecule has 1 unspecified atom stereocenters. The summed E-state index contributed by atoms with van der Waals surface area (Å²) in [5, 5.41) is 20.5. The summed E-state index contributed by atoms with van der Waals surface area (Å²) in [6, 6.07) is 11.8. The molecule has 4 amide bonds. The average Bonchev–Trinajstić information content (AvgIpc) is 3.75.